The van der Waals surface area contributed by atoms with Gasteiger partial charge in [-0.05, 0) is 29.3 Å². The standard InChI is InChI=1S/C20H21NO3/c1-23-19-6-3-2-5-17(19)16-10-8-15(9-11-16)13-21-18(14-22)20-7-4-12-24-20/h2-12,18,21-22H,13-14H2,1H3. The topological polar surface area (TPSA) is 54.6 Å². The molecule has 0 aliphatic heterocycles. The summed E-state index contributed by atoms with van der Waals surface area (Å²) in [5.41, 5.74) is 3.32. The molecular weight excluding hydrogens is 302 g/mol. The molecule has 0 aliphatic carbocycles. The fourth-order valence-electron chi connectivity index (χ4n) is 2.67. The maximum Gasteiger partial charge on any atom is 0.126 e. The van der Waals surface area contributed by atoms with Gasteiger partial charge in [0.1, 0.15) is 11.5 Å². The molecule has 0 saturated heterocycles. The molecule has 1 atom stereocenters. The summed E-state index contributed by atoms with van der Waals surface area (Å²) in [6, 6.07) is 19.8. The normalized spacial score (nSPS) is 12.1. The van der Waals surface area contributed by atoms with Crippen LogP contribution in [0.1, 0.15) is 17.4 Å². The minimum absolute atomic E-state index is 0.00713. The number of aliphatic hydroxyl groups is 1. The number of benzene rings is 2. The summed E-state index contributed by atoms with van der Waals surface area (Å²) in [5, 5.41) is 12.8. The van der Waals surface area contributed by atoms with E-state index in [2.05, 4.69) is 29.6 Å². The van der Waals surface area contributed by atoms with Crippen LogP contribution in [0, 0.1) is 0 Å². The predicted molar refractivity (Wildman–Crippen MR) is 93.8 cm³/mol. The van der Waals surface area contributed by atoms with Crippen molar-refractivity contribution in [2.45, 2.75) is 12.6 Å². The molecule has 1 heterocycles. The van der Waals surface area contributed by atoms with E-state index < -0.39 is 0 Å². The first-order valence-electron chi connectivity index (χ1n) is 7.92. The summed E-state index contributed by atoms with van der Waals surface area (Å²) in [6.45, 7) is 0.644. The van der Waals surface area contributed by atoms with Crippen molar-refractivity contribution in [1.82, 2.24) is 5.32 Å². The van der Waals surface area contributed by atoms with Crippen LogP contribution in [0.2, 0.25) is 0 Å². The third-order valence-corrected chi connectivity index (χ3v) is 3.99. The van der Waals surface area contributed by atoms with Gasteiger partial charge in [-0.15, -0.1) is 0 Å². The molecular formula is C20H21NO3. The molecule has 0 saturated carbocycles. The lowest BCUT2D eigenvalue weighted by molar-refractivity contribution is 0.225. The first kappa shape index (κ1) is 16.3. The van der Waals surface area contributed by atoms with Crippen LogP contribution in [-0.2, 0) is 6.54 Å². The summed E-state index contributed by atoms with van der Waals surface area (Å²) in [4.78, 5) is 0. The van der Waals surface area contributed by atoms with Gasteiger partial charge in [0.15, 0.2) is 0 Å². The molecule has 0 aliphatic rings. The molecule has 1 unspecified atom stereocenters. The Morgan fingerprint density at radius 3 is 2.50 bits per heavy atom. The molecule has 0 amide bonds. The summed E-state index contributed by atoms with van der Waals surface area (Å²) < 4.78 is 10.8. The van der Waals surface area contributed by atoms with Gasteiger partial charge in [-0.25, -0.2) is 0 Å². The fourth-order valence-corrected chi connectivity index (χ4v) is 2.67. The van der Waals surface area contributed by atoms with E-state index in [0.717, 1.165) is 28.2 Å². The number of nitrogens with one attached hydrogen (secondary N) is 1. The van der Waals surface area contributed by atoms with E-state index in [9.17, 15) is 5.11 Å². The SMILES string of the molecule is COc1ccccc1-c1ccc(CNC(CO)c2ccco2)cc1. The quantitative estimate of drug-likeness (QED) is 0.695. The number of furan rings is 1. The molecule has 4 heteroatoms. The molecule has 0 radical (unpaired) electrons. The zero-order valence-corrected chi connectivity index (χ0v) is 13.6. The Morgan fingerprint density at radius 2 is 1.83 bits per heavy atom. The van der Waals surface area contributed by atoms with Crippen molar-refractivity contribution in [3.8, 4) is 16.9 Å². The van der Waals surface area contributed by atoms with Crippen molar-refractivity contribution < 1.29 is 14.3 Å². The highest BCUT2D eigenvalue weighted by Gasteiger charge is 2.12. The van der Waals surface area contributed by atoms with Crippen LogP contribution < -0.4 is 10.1 Å². The minimum atomic E-state index is -0.200. The number of aliphatic hydroxyl groups excluding tert-OH is 1. The Hall–Kier alpha value is -2.56. The van der Waals surface area contributed by atoms with E-state index >= 15 is 0 Å². The Kier molecular flexibility index (Phi) is 5.31. The van der Waals surface area contributed by atoms with Gasteiger partial charge in [-0.1, -0.05) is 42.5 Å². The number of rotatable bonds is 7. The number of para-hydroxylation sites is 1. The number of ether oxygens (including phenoxy) is 1. The second-order valence-electron chi connectivity index (χ2n) is 5.53. The predicted octanol–water partition coefficient (Wildman–Crippen LogP) is 3.78. The first-order chi connectivity index (χ1) is 11.8. The third-order valence-electron chi connectivity index (χ3n) is 3.99. The molecule has 3 aromatic rings. The summed E-state index contributed by atoms with van der Waals surface area (Å²) in [7, 11) is 1.68. The van der Waals surface area contributed by atoms with E-state index in [0.29, 0.717) is 6.54 Å². The summed E-state index contributed by atoms with van der Waals surface area (Å²) >= 11 is 0. The van der Waals surface area contributed by atoms with Gasteiger partial charge < -0.3 is 19.6 Å². The van der Waals surface area contributed by atoms with Crippen LogP contribution in [0.5, 0.6) is 5.75 Å². The second-order valence-corrected chi connectivity index (χ2v) is 5.53. The molecule has 1 aromatic heterocycles. The largest absolute Gasteiger partial charge is 0.496 e. The van der Waals surface area contributed by atoms with Crippen molar-refractivity contribution >= 4 is 0 Å². The smallest absolute Gasteiger partial charge is 0.126 e. The maximum absolute atomic E-state index is 9.49. The molecule has 124 valence electrons. The molecule has 2 aromatic carbocycles. The Balaban J connectivity index is 1.68. The van der Waals surface area contributed by atoms with Gasteiger partial charge >= 0.3 is 0 Å². The monoisotopic (exact) mass is 323 g/mol. The molecule has 0 spiro atoms. The van der Waals surface area contributed by atoms with Crippen LogP contribution in [0.4, 0.5) is 0 Å². The molecule has 24 heavy (non-hydrogen) atoms. The van der Waals surface area contributed by atoms with E-state index in [1.165, 1.54) is 0 Å². The molecule has 2 N–H and O–H groups in total. The second kappa shape index (κ2) is 7.81. The zero-order chi connectivity index (χ0) is 16.8. The van der Waals surface area contributed by atoms with E-state index in [1.54, 1.807) is 13.4 Å². The fraction of sp³-hybridized carbons (Fsp3) is 0.200. The van der Waals surface area contributed by atoms with Gasteiger partial charge in [0, 0.05) is 12.1 Å². The van der Waals surface area contributed by atoms with Crippen molar-refractivity contribution in [2.75, 3.05) is 13.7 Å². The minimum Gasteiger partial charge on any atom is -0.496 e. The van der Waals surface area contributed by atoms with E-state index in [-0.39, 0.29) is 12.6 Å². The van der Waals surface area contributed by atoms with E-state index in [4.69, 9.17) is 9.15 Å². The highest BCUT2D eigenvalue weighted by atomic mass is 16.5. The van der Waals surface area contributed by atoms with E-state index in [1.807, 2.05) is 36.4 Å². The molecule has 0 bridgehead atoms. The van der Waals surface area contributed by atoms with Gasteiger partial charge in [-0.2, -0.15) is 0 Å². The number of hydrogen-bond acceptors (Lipinski definition) is 4. The highest BCUT2D eigenvalue weighted by molar-refractivity contribution is 5.70. The molecule has 3 rings (SSSR count). The van der Waals surface area contributed by atoms with Crippen LogP contribution in [-0.4, -0.2) is 18.8 Å². The van der Waals surface area contributed by atoms with Crippen LogP contribution in [0.25, 0.3) is 11.1 Å². The van der Waals surface area contributed by atoms with Crippen molar-refractivity contribution in [3.05, 3.63) is 78.3 Å². The lowest BCUT2D eigenvalue weighted by atomic mass is 10.0. The van der Waals surface area contributed by atoms with Gasteiger partial charge in [0.2, 0.25) is 0 Å². The van der Waals surface area contributed by atoms with Crippen LogP contribution in [0.15, 0.2) is 71.3 Å². The Morgan fingerprint density at radius 1 is 1.04 bits per heavy atom. The average molecular weight is 323 g/mol. The molecule has 4 nitrogen and oxygen atoms in total. The molecule has 0 fully saturated rings. The highest BCUT2D eigenvalue weighted by Crippen LogP contribution is 2.29. The maximum atomic E-state index is 9.49. The third kappa shape index (κ3) is 3.67. The van der Waals surface area contributed by atoms with Gasteiger partial charge in [0.05, 0.1) is 26.0 Å². The van der Waals surface area contributed by atoms with Gasteiger partial charge in [0.25, 0.3) is 0 Å². The van der Waals surface area contributed by atoms with Gasteiger partial charge in [-0.3, -0.25) is 0 Å². The Bertz CT molecular complexity index is 751. The number of methoxy groups -OCH3 is 1. The number of hydrogen-bond donors (Lipinski definition) is 2. The van der Waals surface area contributed by atoms with Crippen molar-refractivity contribution in [2.24, 2.45) is 0 Å². The van der Waals surface area contributed by atoms with Crippen molar-refractivity contribution in [3.63, 3.8) is 0 Å². The summed E-state index contributed by atoms with van der Waals surface area (Å²) in [5.74, 6) is 1.60. The summed E-state index contributed by atoms with van der Waals surface area (Å²) in [6.07, 6.45) is 1.61. The lowest BCUT2D eigenvalue weighted by Gasteiger charge is -2.14. The van der Waals surface area contributed by atoms with Crippen molar-refractivity contribution in [1.29, 1.82) is 0 Å². The first-order valence-corrected chi connectivity index (χ1v) is 7.92. The van der Waals surface area contributed by atoms with Crippen LogP contribution in [0.3, 0.4) is 0 Å². The van der Waals surface area contributed by atoms with Crippen LogP contribution >= 0.6 is 0 Å². The average Bonchev–Trinajstić information content (AvgIpc) is 3.17. The lowest BCUT2D eigenvalue weighted by Crippen LogP contribution is -2.23. The zero-order valence-electron chi connectivity index (χ0n) is 13.6. The Labute approximate surface area is 141 Å².